The molecular formula is C15H18N3O3S+. The predicted molar refractivity (Wildman–Crippen MR) is 82.4 cm³/mol. The molecule has 1 aromatic carbocycles. The Morgan fingerprint density at radius 1 is 1.23 bits per heavy atom. The minimum Gasteiger partial charge on any atom is -0.463 e. The van der Waals surface area contributed by atoms with E-state index < -0.39 is 10.0 Å². The van der Waals surface area contributed by atoms with Gasteiger partial charge in [0.25, 0.3) is 10.0 Å². The average Bonchev–Trinajstić information content (AvgIpc) is 3.07. The number of hydrogen-bond donors (Lipinski definition) is 2. The first-order valence-electron chi connectivity index (χ1n) is 6.99. The van der Waals surface area contributed by atoms with Gasteiger partial charge in [0.05, 0.1) is 25.3 Å². The zero-order chi connectivity index (χ0) is 15.7. The summed E-state index contributed by atoms with van der Waals surface area (Å²) in [6.07, 6.45) is 1.63. The smallest absolute Gasteiger partial charge is 0.263 e. The van der Waals surface area contributed by atoms with Crippen LogP contribution in [0.3, 0.4) is 0 Å². The second-order valence-electron chi connectivity index (χ2n) is 5.44. The van der Waals surface area contributed by atoms with E-state index in [0.717, 1.165) is 10.7 Å². The molecule has 0 aliphatic carbocycles. The molecule has 0 saturated heterocycles. The number of hydrogen-bond acceptors (Lipinski definition) is 4. The summed E-state index contributed by atoms with van der Waals surface area (Å²) in [4.78, 5) is 5.92. The number of nitrogens with zero attached hydrogens (tertiary/aromatic N) is 1. The van der Waals surface area contributed by atoms with Gasteiger partial charge in [0.15, 0.2) is 11.8 Å². The molecule has 1 aliphatic rings. The lowest BCUT2D eigenvalue weighted by Gasteiger charge is -2.17. The fraction of sp³-hybridized carbons (Fsp3) is 0.267. The van der Waals surface area contributed by atoms with Crippen LogP contribution < -0.4 is 9.62 Å². The molecule has 3 rings (SSSR count). The first kappa shape index (κ1) is 14.8. The number of aliphatic imine (C=N–C) groups is 1. The van der Waals surface area contributed by atoms with Gasteiger partial charge in [-0.05, 0) is 24.3 Å². The van der Waals surface area contributed by atoms with E-state index in [1.807, 2.05) is 26.2 Å². The standard InChI is InChI=1S/C15H17N3O3S/c1-18(2)12(13-7-5-9-21-13)10-16-15-11-6-3-4-8-14(11)22(19,20)17-15/h3-9,12H,10H2,1-2H3,(H,16,17)/p+1/t12-/m0/s1. The Morgan fingerprint density at radius 2 is 2.00 bits per heavy atom. The summed E-state index contributed by atoms with van der Waals surface area (Å²) in [6.45, 7) is 0.433. The van der Waals surface area contributed by atoms with Crippen LogP contribution in [0.15, 0.2) is 57.0 Å². The van der Waals surface area contributed by atoms with Crippen LogP contribution in [0.4, 0.5) is 0 Å². The van der Waals surface area contributed by atoms with Gasteiger partial charge < -0.3 is 9.32 Å². The topological polar surface area (TPSA) is 76.1 Å². The summed E-state index contributed by atoms with van der Waals surface area (Å²) in [7, 11) is 0.540. The Labute approximate surface area is 129 Å². The van der Waals surface area contributed by atoms with Crippen molar-refractivity contribution in [2.24, 2.45) is 4.99 Å². The van der Waals surface area contributed by atoms with Gasteiger partial charge in [-0.25, -0.2) is 8.42 Å². The van der Waals surface area contributed by atoms with Crippen molar-refractivity contribution in [3.05, 3.63) is 54.0 Å². The Kier molecular flexibility index (Phi) is 3.76. The Balaban J connectivity index is 1.91. The maximum atomic E-state index is 12.1. The first-order valence-corrected chi connectivity index (χ1v) is 8.47. The number of furan rings is 1. The molecule has 22 heavy (non-hydrogen) atoms. The van der Waals surface area contributed by atoms with Crippen LogP contribution in [-0.4, -0.2) is 34.9 Å². The minimum atomic E-state index is -3.49. The van der Waals surface area contributed by atoms with Gasteiger partial charge in [-0.3, -0.25) is 9.71 Å². The molecule has 0 unspecified atom stereocenters. The third-order valence-electron chi connectivity index (χ3n) is 3.68. The SMILES string of the molecule is C[NH+](C)[C@@H](CN=C1NS(=O)(=O)c2ccccc21)c1ccco1. The first-order chi connectivity index (χ1) is 10.5. The molecule has 2 heterocycles. The molecule has 6 nitrogen and oxygen atoms in total. The highest BCUT2D eigenvalue weighted by molar-refractivity contribution is 7.90. The second kappa shape index (κ2) is 5.58. The molecule has 7 heteroatoms. The van der Waals surface area contributed by atoms with E-state index in [1.54, 1.807) is 30.5 Å². The van der Waals surface area contributed by atoms with Crippen molar-refractivity contribution < 1.29 is 17.7 Å². The van der Waals surface area contributed by atoms with Crippen molar-refractivity contribution in [3.8, 4) is 0 Å². The molecule has 0 saturated carbocycles. The Bertz CT molecular complexity index is 795. The highest BCUT2D eigenvalue weighted by Crippen LogP contribution is 2.22. The Morgan fingerprint density at radius 3 is 2.68 bits per heavy atom. The molecule has 1 aromatic heterocycles. The summed E-state index contributed by atoms with van der Waals surface area (Å²) < 4.78 is 32.1. The third-order valence-corrected chi connectivity index (χ3v) is 5.08. The molecule has 2 aromatic rings. The lowest BCUT2D eigenvalue weighted by molar-refractivity contribution is -0.891. The quantitative estimate of drug-likeness (QED) is 0.845. The van der Waals surface area contributed by atoms with Crippen molar-refractivity contribution in [1.29, 1.82) is 0 Å². The number of likely N-dealkylation sites (N-methyl/N-ethyl adjacent to an activating group) is 1. The normalized spacial score (nSPS) is 19.1. The monoisotopic (exact) mass is 320 g/mol. The van der Waals surface area contributed by atoms with Crippen LogP contribution >= 0.6 is 0 Å². The zero-order valence-corrected chi connectivity index (χ0v) is 13.2. The maximum absolute atomic E-state index is 12.1. The molecule has 2 N–H and O–H groups in total. The summed E-state index contributed by atoms with van der Waals surface area (Å²) in [5, 5.41) is 0. The number of amidine groups is 1. The van der Waals surface area contributed by atoms with Crippen molar-refractivity contribution in [1.82, 2.24) is 4.72 Å². The molecule has 0 bridgehead atoms. The van der Waals surface area contributed by atoms with Crippen LogP contribution in [0.5, 0.6) is 0 Å². The zero-order valence-electron chi connectivity index (χ0n) is 12.4. The van der Waals surface area contributed by atoms with Crippen molar-refractivity contribution >= 4 is 15.9 Å². The fourth-order valence-electron chi connectivity index (χ4n) is 2.48. The van der Waals surface area contributed by atoms with Gasteiger partial charge in [-0.2, -0.15) is 0 Å². The van der Waals surface area contributed by atoms with Crippen LogP contribution in [0.2, 0.25) is 0 Å². The average molecular weight is 320 g/mol. The number of quaternary nitrogens is 1. The number of benzene rings is 1. The maximum Gasteiger partial charge on any atom is 0.263 e. The van der Waals surface area contributed by atoms with Crippen molar-refractivity contribution in [3.63, 3.8) is 0 Å². The van der Waals surface area contributed by atoms with Crippen LogP contribution in [0, 0.1) is 0 Å². The largest absolute Gasteiger partial charge is 0.463 e. The van der Waals surface area contributed by atoms with E-state index in [4.69, 9.17) is 4.42 Å². The minimum absolute atomic E-state index is 0.0276. The fourth-order valence-corrected chi connectivity index (χ4v) is 3.73. The predicted octanol–water partition coefficient (Wildman–Crippen LogP) is 0.204. The highest BCUT2D eigenvalue weighted by Gasteiger charge is 2.31. The third kappa shape index (κ3) is 2.65. The number of rotatable bonds is 4. The van der Waals surface area contributed by atoms with E-state index in [0.29, 0.717) is 17.9 Å². The number of fused-ring (bicyclic) bond motifs is 1. The van der Waals surface area contributed by atoms with Crippen LogP contribution in [0.25, 0.3) is 0 Å². The van der Waals surface area contributed by atoms with E-state index >= 15 is 0 Å². The van der Waals surface area contributed by atoms with E-state index in [-0.39, 0.29) is 10.9 Å². The summed E-state index contributed by atoms with van der Waals surface area (Å²) in [5.74, 6) is 1.23. The lowest BCUT2D eigenvalue weighted by atomic mass is 10.2. The van der Waals surface area contributed by atoms with E-state index in [2.05, 4.69) is 9.71 Å². The second-order valence-corrected chi connectivity index (χ2v) is 7.09. The van der Waals surface area contributed by atoms with E-state index in [1.165, 1.54) is 0 Å². The van der Waals surface area contributed by atoms with Gasteiger partial charge in [-0.15, -0.1) is 0 Å². The lowest BCUT2D eigenvalue weighted by Crippen LogP contribution is -3.06. The van der Waals surface area contributed by atoms with Gasteiger partial charge in [0, 0.05) is 5.56 Å². The summed E-state index contributed by atoms with van der Waals surface area (Å²) >= 11 is 0. The van der Waals surface area contributed by atoms with Gasteiger partial charge in [-0.1, -0.05) is 12.1 Å². The molecule has 116 valence electrons. The van der Waals surface area contributed by atoms with Crippen LogP contribution in [-0.2, 0) is 10.0 Å². The molecule has 0 fully saturated rings. The van der Waals surface area contributed by atoms with Crippen molar-refractivity contribution in [2.45, 2.75) is 10.9 Å². The molecule has 1 aliphatic heterocycles. The number of sulfonamides is 1. The molecule has 1 atom stereocenters. The number of nitrogens with one attached hydrogen (secondary N) is 2. The molecule has 0 amide bonds. The molecule has 0 spiro atoms. The van der Waals surface area contributed by atoms with E-state index in [9.17, 15) is 8.42 Å². The molecular weight excluding hydrogens is 302 g/mol. The summed E-state index contributed by atoms with van der Waals surface area (Å²) in [5.41, 5.74) is 0.620. The molecule has 0 radical (unpaired) electrons. The van der Waals surface area contributed by atoms with Gasteiger partial charge in [0.2, 0.25) is 0 Å². The summed E-state index contributed by atoms with van der Waals surface area (Å²) in [6, 6.07) is 10.6. The van der Waals surface area contributed by atoms with Crippen molar-refractivity contribution in [2.75, 3.05) is 20.6 Å². The highest BCUT2D eigenvalue weighted by atomic mass is 32.2. The van der Waals surface area contributed by atoms with Gasteiger partial charge >= 0.3 is 0 Å². The van der Waals surface area contributed by atoms with Crippen LogP contribution in [0.1, 0.15) is 17.4 Å². The van der Waals surface area contributed by atoms with Gasteiger partial charge in [0.1, 0.15) is 12.4 Å². The Hall–Kier alpha value is -2.12.